The van der Waals surface area contributed by atoms with Crippen LogP contribution in [0.25, 0.3) is 0 Å². The molecular weight excluding hydrogens is 248 g/mol. The number of rotatable bonds is 2. The summed E-state index contributed by atoms with van der Waals surface area (Å²) in [4.78, 5) is 12.3. The SMILES string of the molecule is Cc1ccc(C(=O)OC2C3CC4CC(C3)CC2C4)cc1. The Kier molecular flexibility index (Phi) is 2.87. The summed E-state index contributed by atoms with van der Waals surface area (Å²) in [5.41, 5.74) is 1.88. The smallest absolute Gasteiger partial charge is 0.338 e. The summed E-state index contributed by atoms with van der Waals surface area (Å²) in [5, 5.41) is 0. The van der Waals surface area contributed by atoms with E-state index in [1.165, 1.54) is 37.7 Å². The monoisotopic (exact) mass is 270 g/mol. The predicted molar refractivity (Wildman–Crippen MR) is 77.4 cm³/mol. The van der Waals surface area contributed by atoms with Gasteiger partial charge < -0.3 is 4.74 Å². The van der Waals surface area contributed by atoms with E-state index in [-0.39, 0.29) is 12.1 Å². The van der Waals surface area contributed by atoms with Gasteiger partial charge in [0.15, 0.2) is 0 Å². The summed E-state index contributed by atoms with van der Waals surface area (Å²) >= 11 is 0. The van der Waals surface area contributed by atoms with Crippen molar-refractivity contribution in [1.29, 1.82) is 0 Å². The lowest BCUT2D eigenvalue weighted by Gasteiger charge is -2.53. The van der Waals surface area contributed by atoms with Crippen molar-refractivity contribution in [3.63, 3.8) is 0 Å². The second-order valence-electron chi connectivity index (χ2n) is 7.17. The topological polar surface area (TPSA) is 26.3 Å². The minimum atomic E-state index is -0.123. The molecule has 0 aromatic heterocycles. The van der Waals surface area contributed by atoms with Gasteiger partial charge in [-0.3, -0.25) is 0 Å². The Balaban J connectivity index is 1.49. The number of hydrogen-bond donors (Lipinski definition) is 0. The minimum Gasteiger partial charge on any atom is -0.458 e. The van der Waals surface area contributed by atoms with Crippen molar-refractivity contribution in [3.05, 3.63) is 35.4 Å². The summed E-state index contributed by atoms with van der Waals surface area (Å²) in [6, 6.07) is 7.72. The van der Waals surface area contributed by atoms with Crippen molar-refractivity contribution in [1.82, 2.24) is 0 Å². The summed E-state index contributed by atoms with van der Waals surface area (Å²) in [6.45, 7) is 2.03. The van der Waals surface area contributed by atoms with E-state index < -0.39 is 0 Å². The molecule has 4 aliphatic rings. The first kappa shape index (κ1) is 12.4. The third kappa shape index (κ3) is 2.06. The maximum absolute atomic E-state index is 12.3. The van der Waals surface area contributed by atoms with Crippen molar-refractivity contribution in [2.45, 2.75) is 45.1 Å². The molecule has 0 radical (unpaired) electrons. The fourth-order valence-electron chi connectivity index (χ4n) is 4.95. The zero-order valence-electron chi connectivity index (χ0n) is 12.0. The van der Waals surface area contributed by atoms with Crippen molar-refractivity contribution in [2.24, 2.45) is 23.7 Å². The molecule has 4 fully saturated rings. The van der Waals surface area contributed by atoms with E-state index in [2.05, 4.69) is 0 Å². The van der Waals surface area contributed by atoms with Crippen molar-refractivity contribution >= 4 is 5.97 Å². The van der Waals surface area contributed by atoms with Crippen LogP contribution in [0.2, 0.25) is 0 Å². The Labute approximate surface area is 120 Å². The third-order valence-electron chi connectivity index (χ3n) is 5.67. The molecule has 0 atom stereocenters. The molecule has 0 amide bonds. The molecule has 0 N–H and O–H groups in total. The van der Waals surface area contributed by atoms with E-state index >= 15 is 0 Å². The lowest BCUT2D eigenvalue weighted by molar-refractivity contribution is -0.101. The first-order valence-corrected chi connectivity index (χ1v) is 7.96. The van der Waals surface area contributed by atoms with Crippen LogP contribution in [0.15, 0.2) is 24.3 Å². The molecule has 0 aliphatic heterocycles. The van der Waals surface area contributed by atoms with E-state index in [1.807, 2.05) is 31.2 Å². The second kappa shape index (κ2) is 4.61. The molecule has 0 unspecified atom stereocenters. The normalized spacial score (nSPS) is 38.0. The molecule has 2 heteroatoms. The fraction of sp³-hybridized carbons (Fsp3) is 0.611. The standard InChI is InChI=1S/C18H22O2/c1-11-2-4-14(5-3-11)18(19)20-17-15-7-12-6-13(9-15)10-16(17)8-12/h2-5,12-13,15-17H,6-10H2,1H3. The van der Waals surface area contributed by atoms with Crippen LogP contribution in [0, 0.1) is 30.6 Å². The average Bonchev–Trinajstić information content (AvgIpc) is 2.42. The summed E-state index contributed by atoms with van der Waals surface area (Å²) < 4.78 is 5.91. The molecule has 0 saturated heterocycles. The molecular formula is C18H22O2. The van der Waals surface area contributed by atoms with Gasteiger partial charge in [0.2, 0.25) is 0 Å². The van der Waals surface area contributed by atoms with E-state index in [4.69, 9.17) is 4.74 Å². The Hall–Kier alpha value is -1.31. The average molecular weight is 270 g/mol. The highest BCUT2D eigenvalue weighted by molar-refractivity contribution is 5.89. The van der Waals surface area contributed by atoms with Gasteiger partial charge in [-0.15, -0.1) is 0 Å². The zero-order chi connectivity index (χ0) is 13.7. The van der Waals surface area contributed by atoms with Crippen LogP contribution in [0.1, 0.15) is 48.0 Å². The highest BCUT2D eigenvalue weighted by atomic mass is 16.5. The molecule has 1 aromatic carbocycles. The van der Waals surface area contributed by atoms with Gasteiger partial charge in [0, 0.05) is 0 Å². The molecule has 0 heterocycles. The zero-order valence-corrected chi connectivity index (χ0v) is 12.0. The summed E-state index contributed by atoms with van der Waals surface area (Å²) in [6.07, 6.45) is 6.79. The molecule has 5 rings (SSSR count). The first-order valence-electron chi connectivity index (χ1n) is 7.96. The molecule has 106 valence electrons. The second-order valence-corrected chi connectivity index (χ2v) is 7.17. The van der Waals surface area contributed by atoms with Gasteiger partial charge >= 0.3 is 5.97 Å². The van der Waals surface area contributed by atoms with Crippen LogP contribution in [-0.2, 0) is 4.74 Å². The molecule has 4 bridgehead atoms. The molecule has 20 heavy (non-hydrogen) atoms. The molecule has 4 saturated carbocycles. The predicted octanol–water partition coefficient (Wildman–Crippen LogP) is 3.98. The molecule has 0 spiro atoms. The van der Waals surface area contributed by atoms with E-state index in [0.717, 1.165) is 11.8 Å². The van der Waals surface area contributed by atoms with Crippen molar-refractivity contribution in [3.8, 4) is 0 Å². The highest BCUT2D eigenvalue weighted by Crippen LogP contribution is 2.54. The summed E-state index contributed by atoms with van der Waals surface area (Å²) in [7, 11) is 0. The Morgan fingerprint density at radius 3 is 2.05 bits per heavy atom. The lowest BCUT2D eigenvalue weighted by atomic mass is 9.55. The maximum atomic E-state index is 12.3. The Morgan fingerprint density at radius 2 is 1.50 bits per heavy atom. The van der Waals surface area contributed by atoms with Gasteiger partial charge in [0.25, 0.3) is 0 Å². The first-order chi connectivity index (χ1) is 9.69. The Morgan fingerprint density at radius 1 is 0.950 bits per heavy atom. The molecule has 2 nitrogen and oxygen atoms in total. The largest absolute Gasteiger partial charge is 0.458 e. The number of benzene rings is 1. The molecule has 1 aromatic rings. The highest BCUT2D eigenvalue weighted by Gasteiger charge is 2.49. The van der Waals surface area contributed by atoms with Gasteiger partial charge in [-0.05, 0) is 74.8 Å². The number of aryl methyl sites for hydroxylation is 1. The number of esters is 1. The van der Waals surface area contributed by atoms with Crippen LogP contribution in [0.4, 0.5) is 0 Å². The van der Waals surface area contributed by atoms with Crippen LogP contribution in [-0.4, -0.2) is 12.1 Å². The third-order valence-corrected chi connectivity index (χ3v) is 5.67. The van der Waals surface area contributed by atoms with Crippen LogP contribution < -0.4 is 0 Å². The van der Waals surface area contributed by atoms with Crippen molar-refractivity contribution < 1.29 is 9.53 Å². The number of hydrogen-bond acceptors (Lipinski definition) is 2. The van der Waals surface area contributed by atoms with E-state index in [9.17, 15) is 4.79 Å². The minimum absolute atomic E-state index is 0.123. The summed E-state index contributed by atoms with van der Waals surface area (Å²) in [5.74, 6) is 3.00. The number of carbonyl (C=O) groups is 1. The van der Waals surface area contributed by atoms with Crippen LogP contribution in [0.3, 0.4) is 0 Å². The lowest BCUT2D eigenvalue weighted by Crippen LogP contribution is -2.50. The van der Waals surface area contributed by atoms with E-state index in [0.29, 0.717) is 17.4 Å². The number of ether oxygens (including phenoxy) is 1. The molecule has 4 aliphatic carbocycles. The number of carbonyl (C=O) groups excluding carboxylic acids is 1. The van der Waals surface area contributed by atoms with Crippen LogP contribution in [0.5, 0.6) is 0 Å². The maximum Gasteiger partial charge on any atom is 0.338 e. The van der Waals surface area contributed by atoms with E-state index in [1.54, 1.807) is 0 Å². The van der Waals surface area contributed by atoms with Gasteiger partial charge in [-0.25, -0.2) is 4.79 Å². The van der Waals surface area contributed by atoms with Crippen molar-refractivity contribution in [2.75, 3.05) is 0 Å². The quantitative estimate of drug-likeness (QED) is 0.760. The van der Waals surface area contributed by atoms with Gasteiger partial charge in [-0.1, -0.05) is 17.7 Å². The van der Waals surface area contributed by atoms with Crippen LogP contribution >= 0.6 is 0 Å². The Bertz CT molecular complexity index is 489. The fourth-order valence-corrected chi connectivity index (χ4v) is 4.95. The van der Waals surface area contributed by atoms with Gasteiger partial charge in [-0.2, -0.15) is 0 Å². The van der Waals surface area contributed by atoms with Gasteiger partial charge in [0.05, 0.1) is 5.56 Å². The van der Waals surface area contributed by atoms with Gasteiger partial charge in [0.1, 0.15) is 6.10 Å².